The summed E-state index contributed by atoms with van der Waals surface area (Å²) < 4.78 is 14.2. The van der Waals surface area contributed by atoms with E-state index < -0.39 is 12.1 Å². The fourth-order valence-corrected chi connectivity index (χ4v) is 1.75. The van der Waals surface area contributed by atoms with E-state index in [0.29, 0.717) is 12.0 Å². The third kappa shape index (κ3) is 2.65. The van der Waals surface area contributed by atoms with E-state index in [1.165, 1.54) is 6.07 Å². The summed E-state index contributed by atoms with van der Waals surface area (Å²) in [6.07, 6.45) is -0.172. The molecule has 3 N–H and O–H groups in total. The van der Waals surface area contributed by atoms with Crippen LogP contribution in [0.2, 0.25) is 0 Å². The van der Waals surface area contributed by atoms with Gasteiger partial charge in [0.25, 0.3) is 0 Å². The molecule has 0 amide bonds. The third-order valence-electron chi connectivity index (χ3n) is 2.15. The minimum atomic E-state index is -0.692. The van der Waals surface area contributed by atoms with E-state index in [9.17, 15) is 9.50 Å². The Balaban J connectivity index is 2.99. The first-order valence-electron chi connectivity index (χ1n) is 4.44. The van der Waals surface area contributed by atoms with E-state index in [4.69, 9.17) is 5.73 Å². The van der Waals surface area contributed by atoms with Gasteiger partial charge in [0.15, 0.2) is 0 Å². The van der Waals surface area contributed by atoms with E-state index >= 15 is 0 Å². The van der Waals surface area contributed by atoms with Crippen molar-refractivity contribution >= 4 is 22.6 Å². The van der Waals surface area contributed by atoms with E-state index in [1.807, 2.05) is 6.92 Å². The van der Waals surface area contributed by atoms with Gasteiger partial charge in [0.2, 0.25) is 0 Å². The molecule has 14 heavy (non-hydrogen) atoms. The summed E-state index contributed by atoms with van der Waals surface area (Å²) >= 11 is 2.09. The first-order valence-corrected chi connectivity index (χ1v) is 5.52. The van der Waals surface area contributed by atoms with Crippen LogP contribution >= 0.6 is 22.6 Å². The van der Waals surface area contributed by atoms with Crippen molar-refractivity contribution in [3.8, 4) is 0 Å². The molecule has 1 aromatic rings. The second kappa shape index (κ2) is 5.04. The van der Waals surface area contributed by atoms with Crippen molar-refractivity contribution in [1.82, 2.24) is 0 Å². The highest BCUT2D eigenvalue weighted by atomic mass is 127. The number of nitrogens with two attached hydrogens (primary N) is 1. The van der Waals surface area contributed by atoms with Crippen molar-refractivity contribution < 1.29 is 9.50 Å². The van der Waals surface area contributed by atoms with Crippen LogP contribution in [-0.2, 0) is 0 Å². The summed E-state index contributed by atoms with van der Waals surface area (Å²) in [6.45, 7) is 1.82. The number of aliphatic hydroxyl groups is 1. The highest BCUT2D eigenvalue weighted by Gasteiger charge is 2.18. The van der Waals surface area contributed by atoms with Crippen molar-refractivity contribution in [2.45, 2.75) is 25.5 Å². The molecule has 2 atom stereocenters. The molecule has 0 heterocycles. The lowest BCUT2D eigenvalue weighted by Crippen LogP contribution is -2.26. The Morgan fingerprint density at radius 1 is 1.57 bits per heavy atom. The Kier molecular flexibility index (Phi) is 4.28. The van der Waals surface area contributed by atoms with Crippen molar-refractivity contribution in [3.05, 3.63) is 33.1 Å². The summed E-state index contributed by atoms with van der Waals surface area (Å²) in [5.74, 6) is -0.356. The Labute approximate surface area is 96.5 Å². The van der Waals surface area contributed by atoms with Gasteiger partial charge in [-0.05, 0) is 47.2 Å². The standard InChI is InChI=1S/C10H13FINO/c1-2-9(14)10(13)7-5-6(12)3-4-8(7)11/h3-5,9-10,14H,2,13H2,1H3/t9-,10+/m0/s1. The third-order valence-corrected chi connectivity index (χ3v) is 2.82. The van der Waals surface area contributed by atoms with Gasteiger partial charge in [-0.15, -0.1) is 0 Å². The largest absolute Gasteiger partial charge is 0.391 e. The van der Waals surface area contributed by atoms with Crippen molar-refractivity contribution in [2.75, 3.05) is 0 Å². The maximum absolute atomic E-state index is 13.3. The molecule has 0 saturated carbocycles. The average molecular weight is 309 g/mol. The predicted molar refractivity (Wildman–Crippen MR) is 62.3 cm³/mol. The molecule has 4 heteroatoms. The van der Waals surface area contributed by atoms with E-state index in [0.717, 1.165) is 3.57 Å². The maximum atomic E-state index is 13.3. The molecule has 78 valence electrons. The Morgan fingerprint density at radius 3 is 2.79 bits per heavy atom. The first-order chi connectivity index (χ1) is 6.56. The molecule has 0 aliphatic carbocycles. The Bertz CT molecular complexity index is 319. The minimum absolute atomic E-state index is 0.356. The van der Waals surface area contributed by atoms with Gasteiger partial charge in [0.05, 0.1) is 12.1 Å². The van der Waals surface area contributed by atoms with Crippen LogP contribution in [0.5, 0.6) is 0 Å². The second-order valence-electron chi connectivity index (χ2n) is 3.17. The van der Waals surface area contributed by atoms with Gasteiger partial charge in [0.1, 0.15) is 5.82 Å². The smallest absolute Gasteiger partial charge is 0.128 e. The average Bonchev–Trinajstić information content (AvgIpc) is 2.19. The number of benzene rings is 1. The molecule has 0 spiro atoms. The molecule has 0 radical (unpaired) electrons. The predicted octanol–water partition coefficient (Wildman–Crippen LogP) is 2.20. The topological polar surface area (TPSA) is 46.2 Å². The number of rotatable bonds is 3. The highest BCUT2D eigenvalue weighted by Crippen LogP contribution is 2.21. The normalized spacial score (nSPS) is 15.2. The zero-order valence-electron chi connectivity index (χ0n) is 7.87. The quantitative estimate of drug-likeness (QED) is 0.841. The minimum Gasteiger partial charge on any atom is -0.391 e. The van der Waals surface area contributed by atoms with Crippen molar-refractivity contribution in [1.29, 1.82) is 0 Å². The SMILES string of the molecule is CC[C@H](O)[C@H](N)c1cc(I)ccc1F. The lowest BCUT2D eigenvalue weighted by atomic mass is 10.0. The summed E-state index contributed by atoms with van der Waals surface area (Å²) in [5.41, 5.74) is 6.11. The number of halogens is 2. The number of hydrogen-bond donors (Lipinski definition) is 2. The van der Waals surface area contributed by atoms with Gasteiger partial charge in [-0.2, -0.15) is 0 Å². The molecular weight excluding hydrogens is 296 g/mol. The van der Waals surface area contributed by atoms with E-state index in [2.05, 4.69) is 22.6 Å². The second-order valence-corrected chi connectivity index (χ2v) is 4.41. The lowest BCUT2D eigenvalue weighted by molar-refractivity contribution is 0.139. The fraction of sp³-hybridized carbons (Fsp3) is 0.400. The van der Waals surface area contributed by atoms with Crippen molar-refractivity contribution in [2.24, 2.45) is 5.73 Å². The van der Waals surface area contributed by atoms with Gasteiger partial charge < -0.3 is 10.8 Å². The number of hydrogen-bond acceptors (Lipinski definition) is 2. The summed E-state index contributed by atoms with van der Waals surface area (Å²) in [7, 11) is 0. The summed E-state index contributed by atoms with van der Waals surface area (Å²) in [5, 5.41) is 9.50. The summed E-state index contributed by atoms with van der Waals surface area (Å²) in [6, 6.07) is 4.07. The lowest BCUT2D eigenvalue weighted by Gasteiger charge is -2.18. The van der Waals surface area contributed by atoms with E-state index in [-0.39, 0.29) is 5.82 Å². The van der Waals surface area contributed by atoms with Crippen LogP contribution in [-0.4, -0.2) is 11.2 Å². The molecule has 2 nitrogen and oxygen atoms in total. The molecule has 0 fully saturated rings. The molecule has 0 aromatic heterocycles. The van der Waals surface area contributed by atoms with Crippen LogP contribution in [0.1, 0.15) is 24.9 Å². The van der Waals surface area contributed by atoms with Gasteiger partial charge in [0, 0.05) is 9.13 Å². The van der Waals surface area contributed by atoms with Gasteiger partial charge in [-0.1, -0.05) is 6.92 Å². The van der Waals surface area contributed by atoms with Gasteiger partial charge >= 0.3 is 0 Å². The first kappa shape index (κ1) is 11.9. The monoisotopic (exact) mass is 309 g/mol. The zero-order valence-corrected chi connectivity index (χ0v) is 10.0. The number of aliphatic hydroxyl groups excluding tert-OH is 1. The molecule has 0 aliphatic rings. The van der Waals surface area contributed by atoms with Crippen LogP contribution in [0, 0.1) is 9.39 Å². The highest BCUT2D eigenvalue weighted by molar-refractivity contribution is 14.1. The van der Waals surface area contributed by atoms with Crippen LogP contribution < -0.4 is 5.73 Å². The van der Waals surface area contributed by atoms with Gasteiger partial charge in [-0.3, -0.25) is 0 Å². The molecule has 0 bridgehead atoms. The van der Waals surface area contributed by atoms with Crippen molar-refractivity contribution in [3.63, 3.8) is 0 Å². The van der Waals surface area contributed by atoms with Crippen LogP contribution in [0.25, 0.3) is 0 Å². The molecule has 0 saturated heterocycles. The van der Waals surface area contributed by atoms with Gasteiger partial charge in [-0.25, -0.2) is 4.39 Å². The zero-order chi connectivity index (χ0) is 10.7. The molecule has 1 aromatic carbocycles. The Hall–Kier alpha value is -0.200. The molecule has 0 unspecified atom stereocenters. The summed E-state index contributed by atoms with van der Waals surface area (Å²) in [4.78, 5) is 0. The van der Waals surface area contributed by atoms with Crippen LogP contribution in [0.4, 0.5) is 4.39 Å². The van der Waals surface area contributed by atoms with Crippen LogP contribution in [0.15, 0.2) is 18.2 Å². The Morgan fingerprint density at radius 2 is 2.21 bits per heavy atom. The van der Waals surface area contributed by atoms with E-state index in [1.54, 1.807) is 12.1 Å². The molecule has 1 rings (SSSR count). The molecule has 0 aliphatic heterocycles. The molecular formula is C10H13FINO. The maximum Gasteiger partial charge on any atom is 0.128 e. The fourth-order valence-electron chi connectivity index (χ4n) is 1.23. The van der Waals surface area contributed by atoms with Crippen LogP contribution in [0.3, 0.4) is 0 Å².